The van der Waals surface area contributed by atoms with Gasteiger partial charge < -0.3 is 10.2 Å². The maximum atomic E-state index is 12.4. The van der Waals surface area contributed by atoms with Crippen molar-refractivity contribution in [2.24, 2.45) is 0 Å². The molecule has 1 aromatic carbocycles. The van der Waals surface area contributed by atoms with E-state index in [1.165, 1.54) is 6.92 Å². The lowest BCUT2D eigenvalue weighted by Gasteiger charge is -2.32. The molecule has 122 valence electrons. The zero-order chi connectivity index (χ0) is 16.9. The molecule has 0 aliphatic carbocycles. The van der Waals surface area contributed by atoms with Crippen molar-refractivity contribution in [1.29, 1.82) is 0 Å². The summed E-state index contributed by atoms with van der Waals surface area (Å²) in [5.41, 5.74) is 2.98. The van der Waals surface area contributed by atoms with Gasteiger partial charge in [0.05, 0.1) is 12.5 Å². The Morgan fingerprint density at radius 3 is 2.79 bits per heavy atom. The van der Waals surface area contributed by atoms with E-state index in [2.05, 4.69) is 10.3 Å². The molecule has 1 aliphatic heterocycles. The number of pyridine rings is 1. The highest BCUT2D eigenvalue weighted by Crippen LogP contribution is 2.32. The van der Waals surface area contributed by atoms with Gasteiger partial charge in [-0.25, -0.2) is 0 Å². The summed E-state index contributed by atoms with van der Waals surface area (Å²) in [6, 6.07) is 11.3. The van der Waals surface area contributed by atoms with Gasteiger partial charge in [-0.2, -0.15) is 0 Å². The van der Waals surface area contributed by atoms with Gasteiger partial charge in [-0.1, -0.05) is 30.3 Å². The van der Waals surface area contributed by atoms with Crippen LogP contribution in [0.25, 0.3) is 6.08 Å². The number of aromatic nitrogens is 1. The van der Waals surface area contributed by atoms with Crippen LogP contribution in [0, 0.1) is 0 Å². The van der Waals surface area contributed by atoms with Gasteiger partial charge in [0.2, 0.25) is 11.8 Å². The molecule has 0 fully saturated rings. The van der Waals surface area contributed by atoms with Gasteiger partial charge in [-0.3, -0.25) is 14.6 Å². The van der Waals surface area contributed by atoms with E-state index in [9.17, 15) is 9.59 Å². The second-order valence-electron chi connectivity index (χ2n) is 5.73. The quantitative estimate of drug-likeness (QED) is 0.942. The normalized spacial score (nSPS) is 15.7. The van der Waals surface area contributed by atoms with Crippen LogP contribution in [0.3, 0.4) is 0 Å². The minimum Gasteiger partial charge on any atom is -0.352 e. The molecule has 2 aromatic rings. The van der Waals surface area contributed by atoms with Crippen LogP contribution in [0.4, 0.5) is 0 Å². The van der Waals surface area contributed by atoms with E-state index < -0.39 is 0 Å². The molecule has 1 aromatic heterocycles. The van der Waals surface area contributed by atoms with Crippen LogP contribution < -0.4 is 5.32 Å². The Morgan fingerprint density at radius 1 is 1.21 bits per heavy atom. The standard InChI is InChI=1S/C19H19N3O2/c1-14(23)22-10-8-16-6-2-3-7-17(16)18(22)11-19(24)21-13-15-5-4-9-20-12-15/h2-10,12,18H,11,13H2,1H3,(H,21,24). The highest BCUT2D eigenvalue weighted by Gasteiger charge is 2.27. The first-order chi connectivity index (χ1) is 11.6. The summed E-state index contributed by atoms with van der Waals surface area (Å²) in [5, 5.41) is 2.90. The molecular formula is C19H19N3O2. The molecule has 1 N–H and O–H groups in total. The third-order valence-corrected chi connectivity index (χ3v) is 4.06. The fourth-order valence-electron chi connectivity index (χ4n) is 2.86. The van der Waals surface area contributed by atoms with Gasteiger partial charge in [0.1, 0.15) is 0 Å². The van der Waals surface area contributed by atoms with Crippen LogP contribution in [-0.2, 0) is 16.1 Å². The number of carbonyl (C=O) groups is 2. The van der Waals surface area contributed by atoms with Crippen molar-refractivity contribution in [3.63, 3.8) is 0 Å². The second-order valence-corrected chi connectivity index (χ2v) is 5.73. The van der Waals surface area contributed by atoms with Gasteiger partial charge in [0.15, 0.2) is 0 Å². The molecule has 3 rings (SSSR count). The molecule has 5 nitrogen and oxygen atoms in total. The van der Waals surface area contributed by atoms with Gasteiger partial charge >= 0.3 is 0 Å². The molecule has 1 unspecified atom stereocenters. The molecular weight excluding hydrogens is 302 g/mol. The molecule has 0 saturated heterocycles. The lowest BCUT2D eigenvalue weighted by Crippen LogP contribution is -2.35. The summed E-state index contributed by atoms with van der Waals surface area (Å²) in [6.07, 6.45) is 7.30. The summed E-state index contributed by atoms with van der Waals surface area (Å²) in [6.45, 7) is 1.94. The van der Waals surface area contributed by atoms with Crippen molar-refractivity contribution in [3.05, 3.63) is 71.7 Å². The Kier molecular flexibility index (Phi) is 4.70. The SMILES string of the molecule is CC(=O)N1C=Cc2ccccc2C1CC(=O)NCc1cccnc1. The predicted octanol–water partition coefficient (Wildman–Crippen LogP) is 2.66. The molecule has 0 bridgehead atoms. The first kappa shape index (κ1) is 15.9. The van der Waals surface area contributed by atoms with Crippen molar-refractivity contribution >= 4 is 17.9 Å². The summed E-state index contributed by atoms with van der Waals surface area (Å²) >= 11 is 0. The first-order valence-corrected chi connectivity index (χ1v) is 7.87. The topological polar surface area (TPSA) is 62.3 Å². The van der Waals surface area contributed by atoms with Crippen LogP contribution in [0.5, 0.6) is 0 Å². The number of carbonyl (C=O) groups excluding carboxylic acids is 2. The average molecular weight is 321 g/mol. The zero-order valence-electron chi connectivity index (χ0n) is 13.5. The Labute approximate surface area is 141 Å². The van der Waals surface area contributed by atoms with Gasteiger partial charge in [-0.05, 0) is 28.8 Å². The smallest absolute Gasteiger partial charge is 0.223 e. The largest absolute Gasteiger partial charge is 0.352 e. The minimum absolute atomic E-state index is 0.0780. The van der Waals surface area contributed by atoms with E-state index in [-0.39, 0.29) is 24.3 Å². The average Bonchev–Trinajstić information content (AvgIpc) is 2.61. The molecule has 2 heterocycles. The molecule has 1 atom stereocenters. The van der Waals surface area contributed by atoms with Crippen LogP contribution in [0.2, 0.25) is 0 Å². The summed E-state index contributed by atoms with van der Waals surface area (Å²) in [7, 11) is 0. The Hall–Kier alpha value is -2.95. The number of nitrogens with zero attached hydrogens (tertiary/aromatic N) is 2. The Balaban J connectivity index is 1.72. The lowest BCUT2D eigenvalue weighted by molar-refractivity contribution is -0.130. The summed E-state index contributed by atoms with van der Waals surface area (Å²) in [5.74, 6) is -0.175. The van der Waals surface area contributed by atoms with Crippen molar-refractivity contribution < 1.29 is 9.59 Å². The van der Waals surface area contributed by atoms with Crippen LogP contribution in [0.15, 0.2) is 55.0 Å². The number of rotatable bonds is 4. The Morgan fingerprint density at radius 2 is 2.04 bits per heavy atom. The van der Waals surface area contributed by atoms with Crippen LogP contribution in [0.1, 0.15) is 36.1 Å². The summed E-state index contributed by atoms with van der Waals surface area (Å²) < 4.78 is 0. The van der Waals surface area contributed by atoms with E-state index >= 15 is 0 Å². The maximum absolute atomic E-state index is 12.4. The highest BCUT2D eigenvalue weighted by atomic mass is 16.2. The maximum Gasteiger partial charge on any atom is 0.223 e. The number of amides is 2. The number of fused-ring (bicyclic) bond motifs is 1. The van der Waals surface area contributed by atoms with E-state index in [4.69, 9.17) is 0 Å². The fourth-order valence-corrected chi connectivity index (χ4v) is 2.86. The van der Waals surface area contributed by atoms with Crippen LogP contribution in [-0.4, -0.2) is 21.7 Å². The van der Waals surface area contributed by atoms with E-state index in [0.717, 1.165) is 16.7 Å². The monoisotopic (exact) mass is 321 g/mol. The van der Waals surface area contributed by atoms with Crippen LogP contribution >= 0.6 is 0 Å². The van der Waals surface area contributed by atoms with Gasteiger partial charge in [-0.15, -0.1) is 0 Å². The van der Waals surface area contributed by atoms with Gasteiger partial charge in [0.25, 0.3) is 0 Å². The minimum atomic E-state index is -0.280. The third kappa shape index (κ3) is 3.51. The summed E-state index contributed by atoms with van der Waals surface area (Å²) in [4.78, 5) is 29.9. The number of nitrogens with one attached hydrogen (secondary N) is 1. The first-order valence-electron chi connectivity index (χ1n) is 7.87. The number of hydrogen-bond donors (Lipinski definition) is 1. The van der Waals surface area contributed by atoms with Gasteiger partial charge in [0, 0.05) is 32.1 Å². The number of benzene rings is 1. The van der Waals surface area contributed by atoms with Crippen molar-refractivity contribution in [3.8, 4) is 0 Å². The fraction of sp³-hybridized carbons (Fsp3) is 0.211. The molecule has 24 heavy (non-hydrogen) atoms. The molecule has 2 amide bonds. The lowest BCUT2D eigenvalue weighted by atomic mass is 9.93. The predicted molar refractivity (Wildman–Crippen MR) is 91.4 cm³/mol. The van der Waals surface area contributed by atoms with E-state index in [0.29, 0.717) is 6.54 Å². The molecule has 1 aliphatic rings. The Bertz CT molecular complexity index is 771. The van der Waals surface area contributed by atoms with Crippen molar-refractivity contribution in [2.45, 2.75) is 25.9 Å². The molecule has 5 heteroatoms. The number of hydrogen-bond acceptors (Lipinski definition) is 3. The molecule has 0 radical (unpaired) electrons. The van der Waals surface area contributed by atoms with E-state index in [1.54, 1.807) is 23.5 Å². The molecule has 0 spiro atoms. The highest BCUT2D eigenvalue weighted by molar-refractivity contribution is 5.81. The van der Waals surface area contributed by atoms with E-state index in [1.807, 2.05) is 42.5 Å². The zero-order valence-corrected chi connectivity index (χ0v) is 13.5. The van der Waals surface area contributed by atoms with Crippen molar-refractivity contribution in [2.75, 3.05) is 0 Å². The van der Waals surface area contributed by atoms with Crippen molar-refractivity contribution in [1.82, 2.24) is 15.2 Å². The molecule has 0 saturated carbocycles. The third-order valence-electron chi connectivity index (χ3n) is 4.06. The second kappa shape index (κ2) is 7.08.